The standard InChI is InChI=1S/C17H19IN2O4S/c1-3-4-17(21)19-14-9-10-15(24-2)16(11-14)25(22,23)20-13-7-5-12(18)6-8-13/h5-11,20H,3-4H2,1-2H3,(H,19,21). The minimum atomic E-state index is -3.87. The number of hydrogen-bond acceptors (Lipinski definition) is 4. The predicted octanol–water partition coefficient (Wildman–Crippen LogP) is 3.84. The number of ether oxygens (including phenoxy) is 1. The number of anilines is 2. The van der Waals surface area contributed by atoms with Crippen LogP contribution in [0.15, 0.2) is 47.4 Å². The van der Waals surface area contributed by atoms with Gasteiger partial charge in [0.1, 0.15) is 10.6 Å². The second-order valence-corrected chi connectivity index (χ2v) is 8.17. The highest BCUT2D eigenvalue weighted by Gasteiger charge is 2.21. The first-order valence-corrected chi connectivity index (χ1v) is 10.2. The molecule has 2 rings (SSSR count). The zero-order valence-corrected chi connectivity index (χ0v) is 16.8. The molecule has 0 fully saturated rings. The molecule has 0 unspecified atom stereocenters. The molecule has 0 heterocycles. The molecular formula is C17H19IN2O4S. The Morgan fingerprint density at radius 1 is 1.12 bits per heavy atom. The first-order chi connectivity index (χ1) is 11.9. The molecule has 0 saturated heterocycles. The van der Waals surface area contributed by atoms with E-state index in [0.717, 1.165) is 3.57 Å². The van der Waals surface area contributed by atoms with E-state index in [1.807, 2.05) is 6.92 Å². The zero-order valence-electron chi connectivity index (χ0n) is 13.9. The van der Waals surface area contributed by atoms with E-state index >= 15 is 0 Å². The van der Waals surface area contributed by atoms with Gasteiger partial charge in [-0.2, -0.15) is 0 Å². The Kier molecular flexibility index (Phi) is 6.65. The average Bonchev–Trinajstić information content (AvgIpc) is 2.57. The largest absolute Gasteiger partial charge is 0.495 e. The predicted molar refractivity (Wildman–Crippen MR) is 106 cm³/mol. The molecule has 2 N–H and O–H groups in total. The number of amides is 1. The van der Waals surface area contributed by atoms with Crippen molar-refractivity contribution in [1.29, 1.82) is 0 Å². The minimum absolute atomic E-state index is 0.0390. The number of sulfonamides is 1. The number of methoxy groups -OCH3 is 1. The Bertz CT molecular complexity index is 851. The Labute approximate surface area is 161 Å². The molecule has 0 aromatic heterocycles. The monoisotopic (exact) mass is 474 g/mol. The van der Waals surface area contributed by atoms with Crippen LogP contribution in [0.5, 0.6) is 5.75 Å². The minimum Gasteiger partial charge on any atom is -0.495 e. The summed E-state index contributed by atoms with van der Waals surface area (Å²) in [7, 11) is -2.47. The second-order valence-electron chi connectivity index (χ2n) is 5.28. The van der Waals surface area contributed by atoms with Crippen molar-refractivity contribution in [2.45, 2.75) is 24.7 Å². The molecule has 25 heavy (non-hydrogen) atoms. The smallest absolute Gasteiger partial charge is 0.265 e. The van der Waals surface area contributed by atoms with Gasteiger partial charge in [0.2, 0.25) is 5.91 Å². The lowest BCUT2D eigenvalue weighted by Gasteiger charge is -2.13. The van der Waals surface area contributed by atoms with E-state index < -0.39 is 10.0 Å². The summed E-state index contributed by atoms with van der Waals surface area (Å²) in [5, 5.41) is 2.69. The molecule has 0 saturated carbocycles. The number of nitrogens with one attached hydrogen (secondary N) is 2. The third kappa shape index (κ3) is 5.33. The summed E-state index contributed by atoms with van der Waals surface area (Å²) in [6.07, 6.45) is 1.08. The maximum absolute atomic E-state index is 12.7. The van der Waals surface area contributed by atoms with E-state index in [1.165, 1.54) is 19.2 Å². The summed E-state index contributed by atoms with van der Waals surface area (Å²) >= 11 is 2.14. The lowest BCUT2D eigenvalue weighted by molar-refractivity contribution is -0.116. The zero-order chi connectivity index (χ0) is 18.4. The molecular weight excluding hydrogens is 455 g/mol. The van der Waals surface area contributed by atoms with Crippen LogP contribution in [-0.4, -0.2) is 21.4 Å². The van der Waals surface area contributed by atoms with Crippen molar-refractivity contribution in [3.8, 4) is 5.75 Å². The van der Waals surface area contributed by atoms with E-state index in [0.29, 0.717) is 24.2 Å². The van der Waals surface area contributed by atoms with Crippen molar-refractivity contribution >= 4 is 49.9 Å². The fourth-order valence-electron chi connectivity index (χ4n) is 2.14. The van der Waals surface area contributed by atoms with Crippen molar-refractivity contribution in [2.24, 2.45) is 0 Å². The van der Waals surface area contributed by atoms with Crippen LogP contribution in [-0.2, 0) is 14.8 Å². The molecule has 6 nitrogen and oxygen atoms in total. The third-order valence-electron chi connectivity index (χ3n) is 3.31. The van der Waals surface area contributed by atoms with Gasteiger partial charge in [-0.15, -0.1) is 0 Å². The third-order valence-corrected chi connectivity index (χ3v) is 5.43. The topological polar surface area (TPSA) is 84.5 Å². The summed E-state index contributed by atoms with van der Waals surface area (Å²) in [5.74, 6) is 0.0353. The molecule has 0 radical (unpaired) electrons. The Morgan fingerprint density at radius 2 is 1.76 bits per heavy atom. The van der Waals surface area contributed by atoms with Crippen LogP contribution in [0.25, 0.3) is 0 Å². The molecule has 0 aliphatic carbocycles. The van der Waals surface area contributed by atoms with E-state index in [4.69, 9.17) is 4.74 Å². The number of benzene rings is 2. The molecule has 0 atom stereocenters. The molecule has 8 heteroatoms. The lowest BCUT2D eigenvalue weighted by atomic mass is 10.2. The molecule has 0 bridgehead atoms. The van der Waals surface area contributed by atoms with Crippen LogP contribution in [0.2, 0.25) is 0 Å². The molecule has 0 spiro atoms. The molecule has 1 amide bonds. The van der Waals surface area contributed by atoms with Gasteiger partial charge in [0.05, 0.1) is 7.11 Å². The Morgan fingerprint density at radius 3 is 2.36 bits per heavy atom. The SMILES string of the molecule is CCCC(=O)Nc1ccc(OC)c(S(=O)(=O)Nc2ccc(I)cc2)c1. The van der Waals surface area contributed by atoms with Crippen molar-refractivity contribution in [3.63, 3.8) is 0 Å². The van der Waals surface area contributed by atoms with Crippen molar-refractivity contribution < 1.29 is 17.9 Å². The number of hydrogen-bond donors (Lipinski definition) is 2. The maximum Gasteiger partial charge on any atom is 0.265 e. The van der Waals surface area contributed by atoms with Crippen LogP contribution in [0.4, 0.5) is 11.4 Å². The number of carbonyl (C=O) groups excluding carboxylic acids is 1. The van der Waals surface area contributed by atoms with Crippen LogP contribution in [0.3, 0.4) is 0 Å². The van der Waals surface area contributed by atoms with Gasteiger partial charge >= 0.3 is 0 Å². The fraction of sp³-hybridized carbons (Fsp3) is 0.235. The lowest BCUT2D eigenvalue weighted by Crippen LogP contribution is -2.16. The van der Waals surface area contributed by atoms with Crippen LogP contribution < -0.4 is 14.8 Å². The molecule has 2 aromatic rings. The highest BCUT2D eigenvalue weighted by molar-refractivity contribution is 14.1. The summed E-state index contributed by atoms with van der Waals surface area (Å²) < 4.78 is 34.1. The maximum atomic E-state index is 12.7. The van der Waals surface area contributed by atoms with Gasteiger partial charge < -0.3 is 10.1 Å². The Hall–Kier alpha value is -1.81. The van der Waals surface area contributed by atoms with Crippen LogP contribution in [0.1, 0.15) is 19.8 Å². The van der Waals surface area contributed by atoms with Gasteiger partial charge in [-0.05, 0) is 71.5 Å². The number of halogens is 1. The Balaban J connectivity index is 2.33. The van der Waals surface area contributed by atoms with Gasteiger partial charge in [-0.3, -0.25) is 9.52 Å². The number of carbonyl (C=O) groups is 1. The summed E-state index contributed by atoms with van der Waals surface area (Å²) in [5.41, 5.74) is 0.852. The van der Waals surface area contributed by atoms with E-state index in [2.05, 4.69) is 32.6 Å². The first kappa shape index (κ1) is 19.5. The van der Waals surface area contributed by atoms with Crippen molar-refractivity contribution in [3.05, 3.63) is 46.0 Å². The van der Waals surface area contributed by atoms with Gasteiger partial charge in [-0.1, -0.05) is 6.92 Å². The summed E-state index contributed by atoms with van der Waals surface area (Å²) in [4.78, 5) is 11.7. The summed E-state index contributed by atoms with van der Waals surface area (Å²) in [6.45, 7) is 1.90. The highest BCUT2D eigenvalue weighted by Crippen LogP contribution is 2.29. The summed E-state index contributed by atoms with van der Waals surface area (Å²) in [6, 6.07) is 11.5. The second kappa shape index (κ2) is 8.52. The van der Waals surface area contributed by atoms with Crippen LogP contribution >= 0.6 is 22.6 Å². The molecule has 134 valence electrons. The molecule has 0 aliphatic heterocycles. The molecule has 2 aromatic carbocycles. The normalized spacial score (nSPS) is 11.0. The van der Waals surface area contributed by atoms with Crippen LogP contribution in [0, 0.1) is 3.57 Å². The average molecular weight is 474 g/mol. The quantitative estimate of drug-likeness (QED) is 0.598. The fourth-order valence-corrected chi connectivity index (χ4v) is 3.76. The van der Waals surface area contributed by atoms with Crippen molar-refractivity contribution in [1.82, 2.24) is 0 Å². The molecule has 0 aliphatic rings. The number of rotatable bonds is 7. The van der Waals surface area contributed by atoms with E-state index in [1.54, 1.807) is 30.3 Å². The highest BCUT2D eigenvalue weighted by atomic mass is 127. The van der Waals surface area contributed by atoms with E-state index in [9.17, 15) is 13.2 Å². The van der Waals surface area contributed by atoms with Gasteiger partial charge in [0.15, 0.2) is 0 Å². The van der Waals surface area contributed by atoms with E-state index in [-0.39, 0.29) is 16.6 Å². The van der Waals surface area contributed by atoms with Gasteiger partial charge in [0.25, 0.3) is 10.0 Å². The van der Waals surface area contributed by atoms with Crippen molar-refractivity contribution in [2.75, 3.05) is 17.1 Å². The van der Waals surface area contributed by atoms with Gasteiger partial charge in [-0.25, -0.2) is 8.42 Å². The van der Waals surface area contributed by atoms with Gasteiger partial charge in [0, 0.05) is 21.4 Å². The first-order valence-electron chi connectivity index (χ1n) is 7.62.